The smallest absolute Gasteiger partial charge is 0.251 e. The van der Waals surface area contributed by atoms with Crippen LogP contribution in [0.2, 0.25) is 0 Å². The molecular weight excluding hydrogens is 500 g/mol. The quantitative estimate of drug-likeness (QED) is 0.365. The third kappa shape index (κ3) is 5.33. The van der Waals surface area contributed by atoms with Gasteiger partial charge in [0.1, 0.15) is 12.3 Å². The number of aromatic nitrogens is 4. The number of tetrazole rings is 1. The van der Waals surface area contributed by atoms with Gasteiger partial charge in [-0.2, -0.15) is 4.80 Å². The lowest BCUT2D eigenvalue weighted by Gasteiger charge is -2.32. The molecule has 1 saturated carbocycles. The Balaban J connectivity index is 1.34. The molecule has 0 radical (unpaired) electrons. The molecule has 1 aliphatic carbocycles. The van der Waals surface area contributed by atoms with Gasteiger partial charge < -0.3 is 19.2 Å². The zero-order chi connectivity index (χ0) is 26.6. The lowest BCUT2D eigenvalue weighted by Crippen LogP contribution is -2.48. The Bertz CT molecular complexity index is 1430. The molecule has 0 bridgehead atoms. The number of nitrogens with zero attached hydrogens (tertiary/aromatic N) is 5. The molecular formula is C28H28N6O5. The van der Waals surface area contributed by atoms with Crippen LogP contribution in [0.1, 0.15) is 43.9 Å². The van der Waals surface area contributed by atoms with Gasteiger partial charge in [-0.1, -0.05) is 49.6 Å². The van der Waals surface area contributed by atoms with Crippen LogP contribution in [0, 0.1) is 0 Å². The van der Waals surface area contributed by atoms with Crippen LogP contribution in [-0.4, -0.2) is 44.9 Å². The van der Waals surface area contributed by atoms with E-state index in [4.69, 9.17) is 13.9 Å². The molecule has 2 aromatic heterocycles. The normalized spacial score (nSPS) is 15.6. The van der Waals surface area contributed by atoms with Crippen molar-refractivity contribution in [2.24, 2.45) is 0 Å². The van der Waals surface area contributed by atoms with E-state index in [1.165, 1.54) is 16.0 Å². The van der Waals surface area contributed by atoms with Crippen molar-refractivity contribution >= 4 is 17.5 Å². The van der Waals surface area contributed by atoms with Crippen molar-refractivity contribution in [2.75, 3.05) is 11.7 Å². The number of hydrogen-bond donors (Lipinski definition) is 1. The predicted octanol–water partition coefficient (Wildman–Crippen LogP) is 3.89. The van der Waals surface area contributed by atoms with Gasteiger partial charge in [-0.25, -0.2) is 0 Å². The molecule has 1 fully saturated rings. The molecule has 0 spiro atoms. The van der Waals surface area contributed by atoms with E-state index in [2.05, 4.69) is 20.7 Å². The van der Waals surface area contributed by atoms with E-state index in [0.29, 0.717) is 28.8 Å². The van der Waals surface area contributed by atoms with Crippen LogP contribution in [0.25, 0.3) is 11.4 Å². The molecule has 11 nitrogen and oxygen atoms in total. The number of rotatable bonds is 8. The fourth-order valence-corrected chi connectivity index (χ4v) is 5.03. The molecule has 0 saturated heterocycles. The van der Waals surface area contributed by atoms with Crippen molar-refractivity contribution in [3.05, 3.63) is 72.7 Å². The summed E-state index contributed by atoms with van der Waals surface area (Å²) < 4.78 is 16.7. The molecule has 1 atom stereocenters. The van der Waals surface area contributed by atoms with Gasteiger partial charge in [-0.15, -0.1) is 10.2 Å². The minimum atomic E-state index is -1.06. The summed E-state index contributed by atoms with van der Waals surface area (Å²) in [4.78, 5) is 30.5. The van der Waals surface area contributed by atoms with E-state index < -0.39 is 11.9 Å². The summed E-state index contributed by atoms with van der Waals surface area (Å²) in [6.45, 7) is -0.163. The number of hydrogen-bond acceptors (Lipinski definition) is 8. The van der Waals surface area contributed by atoms with Gasteiger partial charge in [0.25, 0.3) is 11.8 Å². The first-order chi connectivity index (χ1) is 19.2. The molecule has 200 valence electrons. The second-order valence-corrected chi connectivity index (χ2v) is 9.57. The highest BCUT2D eigenvalue weighted by atomic mass is 16.7. The van der Waals surface area contributed by atoms with Gasteiger partial charge in [0.15, 0.2) is 17.5 Å². The highest BCUT2D eigenvalue weighted by Gasteiger charge is 2.37. The van der Waals surface area contributed by atoms with Crippen LogP contribution in [0.3, 0.4) is 0 Å². The van der Waals surface area contributed by atoms with Gasteiger partial charge in [-0.3, -0.25) is 14.5 Å². The van der Waals surface area contributed by atoms with Gasteiger partial charge in [0.2, 0.25) is 12.6 Å². The molecule has 39 heavy (non-hydrogen) atoms. The summed E-state index contributed by atoms with van der Waals surface area (Å²) in [5, 5.41) is 15.7. The Morgan fingerprint density at radius 2 is 1.82 bits per heavy atom. The summed E-state index contributed by atoms with van der Waals surface area (Å²) in [6, 6.07) is 16.9. The predicted molar refractivity (Wildman–Crippen MR) is 140 cm³/mol. The van der Waals surface area contributed by atoms with Crippen LogP contribution < -0.4 is 19.7 Å². The zero-order valence-corrected chi connectivity index (χ0v) is 21.2. The van der Waals surface area contributed by atoms with Crippen LogP contribution in [0.15, 0.2) is 71.3 Å². The fourth-order valence-electron chi connectivity index (χ4n) is 5.03. The van der Waals surface area contributed by atoms with Crippen molar-refractivity contribution in [2.45, 2.75) is 50.7 Å². The molecule has 6 rings (SSSR count). The van der Waals surface area contributed by atoms with Crippen molar-refractivity contribution in [1.29, 1.82) is 0 Å². The number of carbonyl (C=O) groups excluding carboxylic acids is 2. The minimum absolute atomic E-state index is 0.0443. The largest absolute Gasteiger partial charge is 0.467 e. The lowest BCUT2D eigenvalue weighted by molar-refractivity contribution is -0.128. The average molecular weight is 529 g/mol. The number of benzene rings is 2. The Morgan fingerprint density at radius 3 is 2.62 bits per heavy atom. The molecule has 2 amide bonds. The van der Waals surface area contributed by atoms with Gasteiger partial charge in [0.05, 0.1) is 6.26 Å². The molecule has 1 aliphatic heterocycles. The first-order valence-electron chi connectivity index (χ1n) is 13.0. The van der Waals surface area contributed by atoms with Crippen molar-refractivity contribution in [1.82, 2.24) is 25.5 Å². The maximum atomic E-state index is 14.0. The van der Waals surface area contributed by atoms with Crippen LogP contribution in [-0.2, 0) is 16.1 Å². The Labute approximate surface area is 224 Å². The third-order valence-electron chi connectivity index (χ3n) is 6.94. The van der Waals surface area contributed by atoms with Crippen molar-refractivity contribution in [3.8, 4) is 22.9 Å². The molecule has 1 N–H and O–H groups in total. The van der Waals surface area contributed by atoms with E-state index in [0.717, 1.165) is 37.7 Å². The van der Waals surface area contributed by atoms with E-state index >= 15 is 0 Å². The Kier molecular flexibility index (Phi) is 6.94. The zero-order valence-electron chi connectivity index (χ0n) is 21.2. The number of carbonyl (C=O) groups is 2. The maximum absolute atomic E-state index is 14.0. The number of fused-ring (bicyclic) bond motifs is 1. The first-order valence-corrected chi connectivity index (χ1v) is 13.0. The second-order valence-electron chi connectivity index (χ2n) is 9.57. The van der Waals surface area contributed by atoms with E-state index in [-0.39, 0.29) is 25.3 Å². The fraction of sp³-hybridized carbons (Fsp3) is 0.321. The maximum Gasteiger partial charge on any atom is 0.251 e. The highest BCUT2D eigenvalue weighted by Crippen LogP contribution is 2.38. The number of ether oxygens (including phenoxy) is 2. The number of anilines is 1. The van der Waals surface area contributed by atoms with Crippen LogP contribution in [0.4, 0.5) is 5.69 Å². The van der Waals surface area contributed by atoms with Gasteiger partial charge in [0, 0.05) is 23.4 Å². The molecule has 4 aromatic rings. The summed E-state index contributed by atoms with van der Waals surface area (Å²) >= 11 is 0. The number of amides is 2. The molecule has 3 heterocycles. The second kappa shape index (κ2) is 11.0. The molecule has 11 heteroatoms. The average Bonchev–Trinajstić information content (AvgIpc) is 3.75. The van der Waals surface area contributed by atoms with Crippen molar-refractivity contribution < 1.29 is 23.5 Å². The van der Waals surface area contributed by atoms with Gasteiger partial charge >= 0.3 is 0 Å². The topological polar surface area (TPSA) is 125 Å². The van der Waals surface area contributed by atoms with Gasteiger partial charge in [-0.05, 0) is 42.3 Å². The summed E-state index contributed by atoms with van der Waals surface area (Å²) in [7, 11) is 0. The summed E-state index contributed by atoms with van der Waals surface area (Å²) in [6.07, 6.45) is 6.57. The number of nitrogens with one attached hydrogen (secondary N) is 1. The molecule has 2 aromatic carbocycles. The van der Waals surface area contributed by atoms with Crippen LogP contribution >= 0.6 is 0 Å². The highest BCUT2D eigenvalue weighted by molar-refractivity contribution is 6.01. The van der Waals surface area contributed by atoms with E-state index in [1.54, 1.807) is 30.3 Å². The molecule has 2 aliphatic rings. The minimum Gasteiger partial charge on any atom is -0.467 e. The lowest BCUT2D eigenvalue weighted by atomic mass is 9.95. The van der Waals surface area contributed by atoms with Crippen LogP contribution in [0.5, 0.6) is 11.5 Å². The monoisotopic (exact) mass is 528 g/mol. The van der Waals surface area contributed by atoms with E-state index in [9.17, 15) is 9.59 Å². The standard InChI is InChI=1S/C28H28N6O5/c35-25(17-33-31-27(30-32-33)19-8-3-1-4-9-19)34(21-13-14-22-24(16-21)39-18-38-22)26(23-12-7-15-37-23)28(36)29-20-10-5-2-6-11-20/h1,3-4,7-9,12-16,20,26H,2,5-6,10-11,17-18H2,(H,29,36). The SMILES string of the molecule is O=C(NC1CCCCC1)C(c1ccco1)N(C(=O)Cn1nnc(-c2ccccc2)n1)c1ccc2c(c1)OCO2. The summed E-state index contributed by atoms with van der Waals surface area (Å²) in [5.41, 5.74) is 1.23. The summed E-state index contributed by atoms with van der Waals surface area (Å²) in [5.74, 6) is 1.05. The van der Waals surface area contributed by atoms with Crippen molar-refractivity contribution in [3.63, 3.8) is 0 Å². The Morgan fingerprint density at radius 1 is 1.00 bits per heavy atom. The number of furan rings is 1. The first kappa shape index (κ1) is 24.7. The molecule has 1 unspecified atom stereocenters. The van der Waals surface area contributed by atoms with E-state index in [1.807, 2.05) is 30.3 Å². The third-order valence-corrected chi connectivity index (χ3v) is 6.94. The Hall–Kier alpha value is -4.67.